The topological polar surface area (TPSA) is 107 Å². The van der Waals surface area contributed by atoms with Gasteiger partial charge in [0.1, 0.15) is 6.33 Å². The average molecular weight is 394 g/mol. The molecule has 0 radical (unpaired) electrons. The summed E-state index contributed by atoms with van der Waals surface area (Å²) in [5.41, 5.74) is 0.848. The highest BCUT2D eigenvalue weighted by molar-refractivity contribution is 5.93. The summed E-state index contributed by atoms with van der Waals surface area (Å²) in [6, 6.07) is 3.65. The number of carbonyl (C=O) groups excluding carboxylic acids is 1. The van der Waals surface area contributed by atoms with Crippen LogP contribution < -0.4 is 0 Å². The summed E-state index contributed by atoms with van der Waals surface area (Å²) in [5.74, 6) is 0.951. The number of rotatable bonds is 6. The second-order valence-corrected chi connectivity index (χ2v) is 7.14. The van der Waals surface area contributed by atoms with Crippen LogP contribution in [0.25, 0.3) is 11.5 Å². The number of piperidine rings is 1. The van der Waals surface area contributed by atoms with Gasteiger partial charge in [0.15, 0.2) is 5.82 Å². The lowest BCUT2D eigenvalue weighted by molar-refractivity contribution is 0.0566. The largest absolute Gasteiger partial charge is 0.385 e. The van der Waals surface area contributed by atoms with E-state index >= 15 is 0 Å². The van der Waals surface area contributed by atoms with Crippen LogP contribution in [0.15, 0.2) is 47.8 Å². The van der Waals surface area contributed by atoms with Crippen molar-refractivity contribution in [2.45, 2.75) is 24.7 Å². The fourth-order valence-corrected chi connectivity index (χ4v) is 3.74. The highest BCUT2D eigenvalue weighted by atomic mass is 16.5. The third-order valence-electron chi connectivity index (χ3n) is 5.28. The Morgan fingerprint density at radius 1 is 1.24 bits per heavy atom. The molecule has 4 heterocycles. The highest BCUT2D eigenvalue weighted by Crippen LogP contribution is 2.37. The van der Waals surface area contributed by atoms with Crippen LogP contribution in [-0.2, 0) is 10.2 Å². The van der Waals surface area contributed by atoms with Gasteiger partial charge < -0.3 is 14.2 Å². The third kappa shape index (κ3) is 4.00. The van der Waals surface area contributed by atoms with Gasteiger partial charge in [-0.15, -0.1) is 0 Å². The zero-order chi connectivity index (χ0) is 20.1. The van der Waals surface area contributed by atoms with E-state index in [2.05, 4.69) is 25.1 Å². The molecule has 0 aromatic carbocycles. The predicted molar refractivity (Wildman–Crippen MR) is 103 cm³/mol. The van der Waals surface area contributed by atoms with Crippen LogP contribution in [0.5, 0.6) is 0 Å². The van der Waals surface area contributed by atoms with Gasteiger partial charge in [-0.1, -0.05) is 5.16 Å². The predicted octanol–water partition coefficient (Wildman–Crippen LogP) is 2.13. The van der Waals surface area contributed by atoms with Crippen LogP contribution >= 0.6 is 0 Å². The molecular formula is C20H22N6O3. The van der Waals surface area contributed by atoms with Crippen molar-refractivity contribution in [3.63, 3.8) is 0 Å². The monoisotopic (exact) mass is 394 g/mol. The first kappa shape index (κ1) is 19.1. The number of nitrogens with zero attached hydrogens (tertiary/aromatic N) is 6. The fraction of sp³-hybridized carbons (Fsp3) is 0.400. The number of methoxy groups -OCH3 is 1. The van der Waals surface area contributed by atoms with Crippen molar-refractivity contribution in [1.82, 2.24) is 30.0 Å². The lowest BCUT2D eigenvalue weighted by Crippen LogP contribution is -2.49. The number of pyridine rings is 1. The minimum absolute atomic E-state index is 0.0926. The van der Waals surface area contributed by atoms with Gasteiger partial charge in [0.25, 0.3) is 11.8 Å². The second-order valence-electron chi connectivity index (χ2n) is 7.14. The third-order valence-corrected chi connectivity index (χ3v) is 5.28. The van der Waals surface area contributed by atoms with Crippen LogP contribution in [-0.4, -0.2) is 62.7 Å². The van der Waals surface area contributed by atoms with Gasteiger partial charge in [0.2, 0.25) is 0 Å². The summed E-state index contributed by atoms with van der Waals surface area (Å²) in [6.45, 7) is 1.69. The molecule has 4 rings (SSSR count). The SMILES string of the molecule is COCCC1(c2noc(-c3ccncc3)n2)CCCN(C(=O)c2cncnc2)C1. The Morgan fingerprint density at radius 2 is 2.03 bits per heavy atom. The number of hydrogen-bond donors (Lipinski definition) is 0. The number of amides is 1. The molecule has 3 aromatic heterocycles. The van der Waals surface area contributed by atoms with Crippen molar-refractivity contribution in [3.8, 4) is 11.5 Å². The Balaban J connectivity index is 1.63. The molecule has 3 aromatic rings. The van der Waals surface area contributed by atoms with E-state index < -0.39 is 5.41 Å². The number of hydrogen-bond acceptors (Lipinski definition) is 8. The Bertz CT molecular complexity index is 949. The molecule has 1 aliphatic heterocycles. The van der Waals surface area contributed by atoms with Crippen LogP contribution in [0.1, 0.15) is 35.4 Å². The van der Waals surface area contributed by atoms with E-state index in [1.807, 2.05) is 17.0 Å². The maximum absolute atomic E-state index is 13.0. The number of carbonyl (C=O) groups is 1. The Hall–Kier alpha value is -3.20. The van der Waals surface area contributed by atoms with E-state index in [0.717, 1.165) is 18.4 Å². The van der Waals surface area contributed by atoms with Gasteiger partial charge in [-0.3, -0.25) is 9.78 Å². The molecule has 9 nitrogen and oxygen atoms in total. The van der Waals surface area contributed by atoms with Crippen LogP contribution in [0, 0.1) is 0 Å². The molecule has 29 heavy (non-hydrogen) atoms. The van der Waals surface area contributed by atoms with Crippen LogP contribution in [0.3, 0.4) is 0 Å². The number of aromatic nitrogens is 5. The smallest absolute Gasteiger partial charge is 0.258 e. The van der Waals surface area contributed by atoms with E-state index in [1.54, 1.807) is 19.5 Å². The summed E-state index contributed by atoms with van der Waals surface area (Å²) in [7, 11) is 1.67. The van der Waals surface area contributed by atoms with Gasteiger partial charge in [0.05, 0.1) is 11.0 Å². The molecule has 0 bridgehead atoms. The molecule has 0 spiro atoms. The van der Waals surface area contributed by atoms with Gasteiger partial charge in [-0.2, -0.15) is 4.98 Å². The molecular weight excluding hydrogens is 372 g/mol. The van der Waals surface area contributed by atoms with Crippen molar-refractivity contribution in [1.29, 1.82) is 0 Å². The van der Waals surface area contributed by atoms with Crippen LogP contribution in [0.2, 0.25) is 0 Å². The summed E-state index contributed by atoms with van der Waals surface area (Å²) in [4.78, 5) is 31.4. The van der Waals surface area contributed by atoms with E-state index in [-0.39, 0.29) is 5.91 Å². The molecule has 1 fully saturated rings. The quantitative estimate of drug-likeness (QED) is 0.626. The summed E-state index contributed by atoms with van der Waals surface area (Å²) >= 11 is 0. The number of ether oxygens (including phenoxy) is 1. The summed E-state index contributed by atoms with van der Waals surface area (Å²) in [5, 5.41) is 4.28. The van der Waals surface area contributed by atoms with Crippen molar-refractivity contribution in [2.24, 2.45) is 0 Å². The maximum Gasteiger partial charge on any atom is 0.258 e. The van der Waals surface area contributed by atoms with E-state index in [4.69, 9.17) is 9.26 Å². The van der Waals surface area contributed by atoms with E-state index in [9.17, 15) is 4.79 Å². The minimum Gasteiger partial charge on any atom is -0.385 e. The van der Waals surface area contributed by atoms with Gasteiger partial charge in [-0.05, 0) is 31.4 Å². The average Bonchev–Trinajstić information content (AvgIpc) is 3.30. The molecule has 1 saturated heterocycles. The standard InChI is InChI=1S/C20H22N6O3/c1-28-10-6-20(19-24-17(29-25-19)15-3-7-21-8-4-15)5-2-9-26(13-20)18(27)16-11-22-14-23-12-16/h3-4,7-8,11-12,14H,2,5-6,9-10,13H2,1H3. The highest BCUT2D eigenvalue weighted by Gasteiger charge is 2.42. The second kappa shape index (κ2) is 8.44. The van der Waals surface area contributed by atoms with Gasteiger partial charge in [0, 0.05) is 57.2 Å². The molecule has 1 unspecified atom stereocenters. The van der Waals surface area contributed by atoms with Gasteiger partial charge >= 0.3 is 0 Å². The molecule has 0 aliphatic carbocycles. The molecule has 1 aliphatic rings. The Kier molecular flexibility index (Phi) is 5.57. The van der Waals surface area contributed by atoms with E-state index in [0.29, 0.717) is 43.4 Å². The Morgan fingerprint density at radius 3 is 2.79 bits per heavy atom. The first-order valence-corrected chi connectivity index (χ1v) is 9.50. The Labute approximate surface area is 168 Å². The molecule has 9 heteroatoms. The first-order valence-electron chi connectivity index (χ1n) is 9.50. The molecule has 0 saturated carbocycles. The molecule has 0 N–H and O–H groups in total. The minimum atomic E-state index is -0.436. The maximum atomic E-state index is 13.0. The zero-order valence-corrected chi connectivity index (χ0v) is 16.2. The van der Waals surface area contributed by atoms with E-state index in [1.165, 1.54) is 18.7 Å². The normalized spacial score (nSPS) is 19.3. The lowest BCUT2D eigenvalue weighted by Gasteiger charge is -2.40. The lowest BCUT2D eigenvalue weighted by atomic mass is 9.76. The van der Waals surface area contributed by atoms with Crippen molar-refractivity contribution in [3.05, 3.63) is 54.6 Å². The van der Waals surface area contributed by atoms with Crippen LogP contribution in [0.4, 0.5) is 0 Å². The summed E-state index contributed by atoms with van der Waals surface area (Å²) < 4.78 is 10.9. The fourth-order valence-electron chi connectivity index (χ4n) is 3.74. The molecule has 1 atom stereocenters. The van der Waals surface area contributed by atoms with Crippen molar-refractivity contribution >= 4 is 5.91 Å². The number of likely N-dealkylation sites (tertiary alicyclic amines) is 1. The summed E-state index contributed by atoms with van der Waals surface area (Å²) in [6.07, 6.45) is 10.2. The van der Waals surface area contributed by atoms with Crippen molar-refractivity contribution < 1.29 is 14.1 Å². The molecule has 1 amide bonds. The first-order chi connectivity index (χ1) is 14.2. The zero-order valence-electron chi connectivity index (χ0n) is 16.2. The molecule has 150 valence electrons. The van der Waals surface area contributed by atoms with Crippen molar-refractivity contribution in [2.75, 3.05) is 26.8 Å². The van der Waals surface area contributed by atoms with Gasteiger partial charge in [-0.25, -0.2) is 9.97 Å².